The zero-order chi connectivity index (χ0) is 9.56. The average Bonchev–Trinajstić information content (AvgIpc) is 2.02. The summed E-state index contributed by atoms with van der Waals surface area (Å²) in [6.45, 7) is 1.78. The van der Waals surface area contributed by atoms with E-state index < -0.39 is 0 Å². The maximum absolute atomic E-state index is 9.02. The molecule has 0 saturated heterocycles. The van der Waals surface area contributed by atoms with Gasteiger partial charge in [0.2, 0.25) is 6.08 Å². The quantitative estimate of drug-likeness (QED) is 0.481. The van der Waals surface area contributed by atoms with Crippen molar-refractivity contribution in [1.29, 1.82) is 5.41 Å². The van der Waals surface area contributed by atoms with Gasteiger partial charge in [0, 0.05) is 10.6 Å². The lowest BCUT2D eigenvalue weighted by Gasteiger charge is -1.97. The van der Waals surface area contributed by atoms with Crippen LogP contribution in [0, 0.1) is 12.3 Å². The minimum atomic E-state index is 0.252. The monoisotopic (exact) mass is 185 g/mol. The molecule has 0 bridgehead atoms. The molecule has 0 aromatic heterocycles. The van der Waals surface area contributed by atoms with Crippen LogP contribution in [-0.4, -0.2) is 11.2 Å². The number of halogens is 1. The van der Waals surface area contributed by atoms with Gasteiger partial charge in [-0.05, 0) is 19.1 Å². The van der Waals surface area contributed by atoms with E-state index in [1.165, 1.54) is 0 Å². The first-order valence-corrected chi connectivity index (χ1v) is 3.49. The van der Waals surface area contributed by atoms with Crippen LogP contribution in [0.25, 0.3) is 0 Å². The SMILES string of the molecule is Cc1c(O)cccc1Cl.N=C=O. The molecule has 0 aliphatic heterocycles. The van der Waals surface area contributed by atoms with Crippen molar-refractivity contribution in [2.45, 2.75) is 6.92 Å². The Morgan fingerprint density at radius 1 is 1.58 bits per heavy atom. The fourth-order valence-corrected chi connectivity index (χ4v) is 0.766. The first-order chi connectivity index (χ1) is 5.63. The minimum Gasteiger partial charge on any atom is -0.508 e. The number of phenolic OH excluding ortho intramolecular Hbond substituents is 1. The molecule has 0 fully saturated rings. The fourth-order valence-electron chi connectivity index (χ4n) is 0.596. The summed E-state index contributed by atoms with van der Waals surface area (Å²) in [7, 11) is 0. The molecule has 1 rings (SSSR count). The fraction of sp³-hybridized carbons (Fsp3) is 0.125. The zero-order valence-electron chi connectivity index (χ0n) is 6.47. The lowest BCUT2D eigenvalue weighted by atomic mass is 10.2. The number of nitrogens with one attached hydrogen (secondary N) is 1. The second-order valence-electron chi connectivity index (χ2n) is 1.99. The lowest BCUT2D eigenvalue weighted by molar-refractivity contribution is 0.471. The van der Waals surface area contributed by atoms with Gasteiger partial charge < -0.3 is 5.11 Å². The molecule has 1 aromatic carbocycles. The predicted octanol–water partition coefficient (Wildman–Crippen LogP) is 2.25. The zero-order valence-corrected chi connectivity index (χ0v) is 7.22. The summed E-state index contributed by atoms with van der Waals surface area (Å²) in [6, 6.07) is 5.07. The number of hydrogen-bond acceptors (Lipinski definition) is 3. The van der Waals surface area contributed by atoms with E-state index in [0.29, 0.717) is 5.02 Å². The maximum Gasteiger partial charge on any atom is 0.231 e. The van der Waals surface area contributed by atoms with Gasteiger partial charge in [-0.1, -0.05) is 17.7 Å². The molecule has 3 nitrogen and oxygen atoms in total. The van der Waals surface area contributed by atoms with E-state index in [-0.39, 0.29) is 5.75 Å². The second kappa shape index (κ2) is 5.35. The number of hydrogen-bond donors (Lipinski definition) is 2. The third kappa shape index (κ3) is 3.19. The Bertz CT molecular complexity index is 273. The van der Waals surface area contributed by atoms with Crippen molar-refractivity contribution in [1.82, 2.24) is 0 Å². The molecule has 0 atom stereocenters. The highest BCUT2D eigenvalue weighted by Crippen LogP contribution is 2.22. The third-order valence-electron chi connectivity index (χ3n) is 1.24. The Labute approximate surface area is 75.1 Å². The standard InChI is InChI=1S/C7H7ClO.CHNO/c1-5-6(8)3-2-4-7(5)9;2-1-3/h2-4,9H,1H3;2H. The summed E-state index contributed by atoms with van der Waals surface area (Å²) >= 11 is 5.65. The Hall–Kier alpha value is -1.31. The molecule has 64 valence electrons. The Morgan fingerprint density at radius 3 is 2.42 bits per heavy atom. The topological polar surface area (TPSA) is 61.1 Å². The highest BCUT2D eigenvalue weighted by molar-refractivity contribution is 6.31. The largest absolute Gasteiger partial charge is 0.508 e. The van der Waals surface area contributed by atoms with Crippen molar-refractivity contribution < 1.29 is 9.90 Å². The number of benzene rings is 1. The van der Waals surface area contributed by atoms with E-state index in [2.05, 4.69) is 0 Å². The molecule has 0 heterocycles. The lowest BCUT2D eigenvalue weighted by Crippen LogP contribution is -1.73. The highest BCUT2D eigenvalue weighted by atomic mass is 35.5. The summed E-state index contributed by atoms with van der Waals surface area (Å²) in [5.41, 5.74) is 0.735. The smallest absolute Gasteiger partial charge is 0.231 e. The van der Waals surface area contributed by atoms with Gasteiger partial charge in [0.25, 0.3) is 0 Å². The van der Waals surface area contributed by atoms with Crippen molar-refractivity contribution >= 4 is 17.7 Å². The van der Waals surface area contributed by atoms with Crippen LogP contribution in [0.1, 0.15) is 5.56 Å². The number of isocyanates is 1. The molecular weight excluding hydrogens is 178 g/mol. The van der Waals surface area contributed by atoms with E-state index in [0.717, 1.165) is 11.6 Å². The molecule has 12 heavy (non-hydrogen) atoms. The van der Waals surface area contributed by atoms with Crippen LogP contribution in [0.2, 0.25) is 5.02 Å². The summed E-state index contributed by atoms with van der Waals surface area (Å²) < 4.78 is 0. The Kier molecular flexibility index (Phi) is 4.77. The van der Waals surface area contributed by atoms with Crippen LogP contribution in [0.5, 0.6) is 5.75 Å². The van der Waals surface area contributed by atoms with Crippen molar-refractivity contribution in [3.63, 3.8) is 0 Å². The van der Waals surface area contributed by atoms with Gasteiger partial charge in [0.05, 0.1) is 0 Å². The summed E-state index contributed by atoms with van der Waals surface area (Å²) in [6.07, 6.45) is 0.750. The number of carbonyl (C=O) groups excluding carboxylic acids is 1. The first kappa shape index (κ1) is 10.7. The van der Waals surface area contributed by atoms with Crippen molar-refractivity contribution in [2.24, 2.45) is 0 Å². The van der Waals surface area contributed by atoms with E-state index in [9.17, 15) is 0 Å². The molecular formula is C8H8ClNO2. The molecule has 0 spiro atoms. The Morgan fingerprint density at radius 2 is 2.08 bits per heavy atom. The van der Waals surface area contributed by atoms with Gasteiger partial charge >= 0.3 is 0 Å². The molecule has 0 amide bonds. The molecule has 2 N–H and O–H groups in total. The average molecular weight is 186 g/mol. The molecule has 0 radical (unpaired) electrons. The molecule has 1 aromatic rings. The highest BCUT2D eigenvalue weighted by Gasteiger charge is 1.96. The molecule has 0 unspecified atom stereocenters. The van der Waals surface area contributed by atoms with Crippen LogP contribution >= 0.6 is 11.6 Å². The van der Waals surface area contributed by atoms with E-state index in [1.54, 1.807) is 25.1 Å². The predicted molar refractivity (Wildman–Crippen MR) is 46.3 cm³/mol. The molecule has 0 aliphatic rings. The third-order valence-corrected chi connectivity index (χ3v) is 1.65. The Balaban J connectivity index is 0.000000354. The van der Waals surface area contributed by atoms with Crippen LogP contribution in [0.3, 0.4) is 0 Å². The van der Waals surface area contributed by atoms with Crippen LogP contribution in [0.15, 0.2) is 18.2 Å². The first-order valence-electron chi connectivity index (χ1n) is 3.11. The van der Waals surface area contributed by atoms with Gasteiger partial charge in [0.15, 0.2) is 0 Å². The summed E-state index contributed by atoms with van der Waals surface area (Å²) in [5, 5.41) is 15.0. The van der Waals surface area contributed by atoms with Crippen LogP contribution < -0.4 is 0 Å². The normalized spacial score (nSPS) is 7.83. The van der Waals surface area contributed by atoms with E-state index in [4.69, 9.17) is 26.9 Å². The molecule has 0 aliphatic carbocycles. The maximum atomic E-state index is 9.02. The van der Waals surface area contributed by atoms with Crippen molar-refractivity contribution in [3.8, 4) is 5.75 Å². The van der Waals surface area contributed by atoms with Crippen LogP contribution in [-0.2, 0) is 4.79 Å². The summed E-state index contributed by atoms with van der Waals surface area (Å²) in [5.74, 6) is 0.252. The molecule has 0 saturated carbocycles. The van der Waals surface area contributed by atoms with Gasteiger partial charge in [0.1, 0.15) is 5.75 Å². The van der Waals surface area contributed by atoms with Gasteiger partial charge in [-0.2, -0.15) is 0 Å². The van der Waals surface area contributed by atoms with E-state index in [1.807, 2.05) is 0 Å². The van der Waals surface area contributed by atoms with Crippen LogP contribution in [0.4, 0.5) is 0 Å². The van der Waals surface area contributed by atoms with Crippen molar-refractivity contribution in [3.05, 3.63) is 28.8 Å². The number of aromatic hydroxyl groups is 1. The van der Waals surface area contributed by atoms with Crippen molar-refractivity contribution in [2.75, 3.05) is 0 Å². The summed E-state index contributed by atoms with van der Waals surface area (Å²) in [4.78, 5) is 8.35. The van der Waals surface area contributed by atoms with Gasteiger partial charge in [-0.25, -0.2) is 10.2 Å². The minimum absolute atomic E-state index is 0.252. The van der Waals surface area contributed by atoms with Gasteiger partial charge in [-0.15, -0.1) is 0 Å². The second-order valence-corrected chi connectivity index (χ2v) is 2.39. The number of rotatable bonds is 0. The van der Waals surface area contributed by atoms with E-state index >= 15 is 0 Å². The van der Waals surface area contributed by atoms with Gasteiger partial charge in [-0.3, -0.25) is 0 Å². The molecule has 4 heteroatoms. The number of phenols is 1.